The Morgan fingerprint density at radius 3 is 2.68 bits per heavy atom. The van der Waals surface area contributed by atoms with E-state index in [0.29, 0.717) is 23.1 Å². The lowest BCUT2D eigenvalue weighted by Crippen LogP contribution is -2.35. The van der Waals surface area contributed by atoms with Gasteiger partial charge in [0.1, 0.15) is 12.3 Å². The average Bonchev–Trinajstić information content (AvgIpc) is 3.20. The first kappa shape index (κ1) is 20.7. The van der Waals surface area contributed by atoms with Gasteiger partial charge < -0.3 is 18.9 Å². The van der Waals surface area contributed by atoms with Gasteiger partial charge >= 0.3 is 5.97 Å². The summed E-state index contributed by atoms with van der Waals surface area (Å²) in [5.41, 5.74) is 1.76. The molecule has 3 aromatic rings. The molecule has 1 aromatic heterocycles. The molecule has 2 heterocycles. The molecule has 31 heavy (non-hydrogen) atoms. The Hall–Kier alpha value is -3.61. The van der Waals surface area contributed by atoms with Gasteiger partial charge in [-0.3, -0.25) is 9.59 Å². The topological polar surface area (TPSA) is 77.8 Å². The van der Waals surface area contributed by atoms with E-state index in [1.807, 2.05) is 24.3 Å². The highest BCUT2D eigenvalue weighted by molar-refractivity contribution is 5.95. The van der Waals surface area contributed by atoms with Gasteiger partial charge in [0.05, 0.1) is 12.0 Å². The minimum Gasteiger partial charge on any atom is -0.478 e. The van der Waals surface area contributed by atoms with Crippen LogP contribution >= 0.6 is 0 Å². The van der Waals surface area contributed by atoms with Crippen molar-refractivity contribution in [3.8, 4) is 5.75 Å². The first-order valence-electron chi connectivity index (χ1n) is 10.3. The number of benzene rings is 2. The zero-order chi connectivity index (χ0) is 22.0. The Morgan fingerprint density at radius 1 is 1.06 bits per heavy atom. The van der Waals surface area contributed by atoms with E-state index in [1.165, 1.54) is 4.57 Å². The molecular weight excluding hydrogens is 396 g/mol. The van der Waals surface area contributed by atoms with Gasteiger partial charge in [-0.2, -0.15) is 0 Å². The first-order valence-corrected chi connectivity index (χ1v) is 10.3. The third-order valence-electron chi connectivity index (χ3n) is 5.39. The molecule has 160 valence electrons. The number of aromatic nitrogens is 1. The number of esters is 1. The number of hydrogen-bond acceptors (Lipinski definition) is 5. The Labute approximate surface area is 179 Å². The fraction of sp³-hybridized carbons (Fsp3) is 0.292. The molecule has 0 saturated carbocycles. The summed E-state index contributed by atoms with van der Waals surface area (Å²) < 4.78 is 12.1. The number of ether oxygens (including phenoxy) is 2. The summed E-state index contributed by atoms with van der Waals surface area (Å²) >= 11 is 0. The van der Waals surface area contributed by atoms with E-state index in [2.05, 4.69) is 0 Å². The molecule has 2 aromatic carbocycles. The number of carbonyl (C=O) groups excluding carboxylic acids is 2. The van der Waals surface area contributed by atoms with Crippen LogP contribution in [-0.2, 0) is 27.3 Å². The summed E-state index contributed by atoms with van der Waals surface area (Å²) in [6, 6.07) is 14.6. The number of hydrogen-bond donors (Lipinski definition) is 0. The van der Waals surface area contributed by atoms with E-state index in [0.717, 1.165) is 17.7 Å². The van der Waals surface area contributed by atoms with Crippen LogP contribution in [0.5, 0.6) is 5.75 Å². The van der Waals surface area contributed by atoms with Crippen LogP contribution in [0.1, 0.15) is 19.4 Å². The maximum atomic E-state index is 13.0. The molecular formula is C24H24N2O5. The Bertz CT molecular complexity index is 1200. The van der Waals surface area contributed by atoms with E-state index in [-0.39, 0.29) is 24.6 Å². The van der Waals surface area contributed by atoms with Crippen LogP contribution in [0, 0.1) is 0 Å². The molecule has 1 atom stereocenters. The maximum Gasteiger partial charge on any atom is 0.347 e. The molecule has 0 unspecified atom stereocenters. The summed E-state index contributed by atoms with van der Waals surface area (Å²) in [6.45, 7) is 4.16. The van der Waals surface area contributed by atoms with Crippen molar-refractivity contribution in [3.05, 3.63) is 70.6 Å². The standard InChI is InChI=1S/C24H24N2O5/c1-3-30-24(29)16(2)31-21-10-6-8-19-18(21)12-13-25(23(19)28)15-22(27)26-14-11-17-7-4-5-9-20(17)26/h4-10,12-13,16H,3,11,14-15H2,1-2H3/t16-/m0/s1. The van der Waals surface area contributed by atoms with Crippen molar-refractivity contribution in [3.63, 3.8) is 0 Å². The van der Waals surface area contributed by atoms with Gasteiger partial charge in [-0.1, -0.05) is 24.3 Å². The van der Waals surface area contributed by atoms with Crippen molar-refractivity contribution in [2.75, 3.05) is 18.1 Å². The Kier molecular flexibility index (Phi) is 5.75. The second kappa shape index (κ2) is 8.63. The largest absolute Gasteiger partial charge is 0.478 e. The molecule has 1 aliphatic rings. The molecule has 0 saturated heterocycles. The lowest BCUT2D eigenvalue weighted by molar-refractivity contribution is -0.150. The highest BCUT2D eigenvalue weighted by Crippen LogP contribution is 2.28. The molecule has 0 N–H and O–H groups in total. The van der Waals surface area contributed by atoms with Crippen LogP contribution in [0.2, 0.25) is 0 Å². The molecule has 0 radical (unpaired) electrons. The lowest BCUT2D eigenvalue weighted by Gasteiger charge is -2.18. The second-order valence-electron chi connectivity index (χ2n) is 7.40. The van der Waals surface area contributed by atoms with E-state index in [9.17, 15) is 14.4 Å². The number of para-hydroxylation sites is 1. The zero-order valence-electron chi connectivity index (χ0n) is 17.5. The monoisotopic (exact) mass is 420 g/mol. The van der Waals surface area contributed by atoms with Crippen LogP contribution in [0.15, 0.2) is 59.5 Å². The quantitative estimate of drug-likeness (QED) is 0.573. The third kappa shape index (κ3) is 4.03. The zero-order valence-corrected chi connectivity index (χ0v) is 17.5. The van der Waals surface area contributed by atoms with Gasteiger partial charge in [-0.15, -0.1) is 0 Å². The van der Waals surface area contributed by atoms with E-state index < -0.39 is 12.1 Å². The first-order chi connectivity index (χ1) is 15.0. The predicted molar refractivity (Wildman–Crippen MR) is 117 cm³/mol. The molecule has 4 rings (SSSR count). The van der Waals surface area contributed by atoms with Crippen molar-refractivity contribution < 1.29 is 19.1 Å². The molecule has 7 heteroatoms. The minimum atomic E-state index is -0.801. The summed E-state index contributed by atoms with van der Waals surface area (Å²) in [5, 5.41) is 1.00. The van der Waals surface area contributed by atoms with Crippen LogP contribution in [0.4, 0.5) is 5.69 Å². The molecule has 0 spiro atoms. The third-order valence-corrected chi connectivity index (χ3v) is 5.39. The van der Waals surface area contributed by atoms with Gasteiger partial charge in [0, 0.05) is 23.8 Å². The number of amides is 1. The van der Waals surface area contributed by atoms with E-state index in [4.69, 9.17) is 9.47 Å². The Morgan fingerprint density at radius 2 is 1.87 bits per heavy atom. The van der Waals surface area contributed by atoms with E-state index >= 15 is 0 Å². The van der Waals surface area contributed by atoms with Crippen molar-refractivity contribution in [1.82, 2.24) is 4.57 Å². The summed E-state index contributed by atoms with van der Waals surface area (Å²) in [6.07, 6.45) is 1.60. The van der Waals surface area contributed by atoms with Crippen molar-refractivity contribution in [2.24, 2.45) is 0 Å². The number of nitrogens with zero attached hydrogens (tertiary/aromatic N) is 2. The normalized spacial score (nSPS) is 13.7. The lowest BCUT2D eigenvalue weighted by atomic mass is 10.1. The van der Waals surface area contributed by atoms with Crippen molar-refractivity contribution in [2.45, 2.75) is 32.9 Å². The van der Waals surface area contributed by atoms with Crippen LogP contribution < -0.4 is 15.2 Å². The fourth-order valence-corrected chi connectivity index (χ4v) is 3.84. The number of fused-ring (bicyclic) bond motifs is 2. The van der Waals surface area contributed by atoms with Gasteiger partial charge in [0.25, 0.3) is 5.56 Å². The average molecular weight is 420 g/mol. The Balaban J connectivity index is 1.58. The van der Waals surface area contributed by atoms with Gasteiger partial charge in [0.2, 0.25) is 5.91 Å². The van der Waals surface area contributed by atoms with Crippen LogP contribution in [0.25, 0.3) is 10.8 Å². The predicted octanol–water partition coefficient (Wildman–Crippen LogP) is 2.92. The highest BCUT2D eigenvalue weighted by Gasteiger charge is 2.24. The summed E-state index contributed by atoms with van der Waals surface area (Å²) in [4.78, 5) is 39.6. The second-order valence-corrected chi connectivity index (χ2v) is 7.40. The summed E-state index contributed by atoms with van der Waals surface area (Å²) in [7, 11) is 0. The molecule has 7 nitrogen and oxygen atoms in total. The molecule has 1 aliphatic heterocycles. The molecule has 0 aliphatic carbocycles. The van der Waals surface area contributed by atoms with Crippen LogP contribution in [0.3, 0.4) is 0 Å². The van der Waals surface area contributed by atoms with Gasteiger partial charge in [0.15, 0.2) is 6.10 Å². The van der Waals surface area contributed by atoms with Crippen molar-refractivity contribution in [1.29, 1.82) is 0 Å². The highest BCUT2D eigenvalue weighted by atomic mass is 16.6. The molecule has 0 fully saturated rings. The number of pyridine rings is 1. The van der Waals surface area contributed by atoms with Gasteiger partial charge in [-0.25, -0.2) is 4.79 Å². The number of rotatable bonds is 6. The number of anilines is 1. The number of carbonyl (C=O) groups is 2. The molecule has 0 bridgehead atoms. The SMILES string of the molecule is CCOC(=O)[C@H](C)Oc1cccc2c(=O)n(CC(=O)N3CCc4ccccc43)ccc12. The maximum absolute atomic E-state index is 13.0. The van der Waals surface area contributed by atoms with E-state index in [1.54, 1.807) is 49.2 Å². The smallest absolute Gasteiger partial charge is 0.347 e. The van der Waals surface area contributed by atoms with Gasteiger partial charge in [-0.05, 0) is 50.1 Å². The summed E-state index contributed by atoms with van der Waals surface area (Å²) in [5.74, 6) is -0.179. The fourth-order valence-electron chi connectivity index (χ4n) is 3.84. The van der Waals surface area contributed by atoms with Crippen molar-refractivity contribution >= 4 is 28.3 Å². The minimum absolute atomic E-state index is 0.0482. The molecule has 1 amide bonds. The van der Waals surface area contributed by atoms with Crippen LogP contribution in [-0.4, -0.2) is 35.7 Å².